The number of nitrogens with zero attached hydrogens (tertiary/aromatic N) is 5. The zero-order chi connectivity index (χ0) is 22.6. The van der Waals surface area contributed by atoms with Crippen LogP contribution in [0.2, 0.25) is 5.02 Å². The molecule has 0 saturated carbocycles. The molecule has 0 unspecified atom stereocenters. The van der Waals surface area contributed by atoms with Gasteiger partial charge in [-0.15, -0.1) is 0 Å². The maximum absolute atomic E-state index is 6.72. The minimum Gasteiger partial charge on any atom is -0.382 e. The number of nitrogens with one attached hydrogen (secondary N) is 1. The van der Waals surface area contributed by atoms with Gasteiger partial charge in [-0.1, -0.05) is 35.9 Å². The third-order valence-corrected chi connectivity index (χ3v) is 7.69. The monoisotopic (exact) mass is 460 g/mol. The molecule has 3 aliphatic rings. The Morgan fingerprint density at radius 2 is 1.94 bits per heavy atom. The molecule has 1 aromatic carbocycles. The number of amidine groups is 1. The predicted molar refractivity (Wildman–Crippen MR) is 131 cm³/mol. The molecule has 2 aromatic heterocycles. The molecule has 2 aliphatic heterocycles. The van der Waals surface area contributed by atoms with E-state index in [1.807, 2.05) is 6.20 Å². The maximum Gasteiger partial charge on any atom is 0.154 e. The van der Waals surface area contributed by atoms with Crippen LogP contribution in [0.4, 0.5) is 17.3 Å². The van der Waals surface area contributed by atoms with E-state index in [2.05, 4.69) is 49.4 Å². The highest BCUT2D eigenvalue weighted by Crippen LogP contribution is 2.50. The zero-order valence-corrected chi connectivity index (χ0v) is 18.9. The van der Waals surface area contributed by atoms with Crippen molar-refractivity contribution in [2.45, 2.75) is 31.8 Å². The molecule has 6 rings (SSSR count). The molecule has 33 heavy (non-hydrogen) atoms. The normalized spacial score (nSPS) is 20.5. The fraction of sp³-hybridized carbons (Fsp3) is 0.333. The molecule has 0 amide bonds. The zero-order valence-electron chi connectivity index (χ0n) is 18.1. The van der Waals surface area contributed by atoms with Crippen molar-refractivity contribution in [2.24, 2.45) is 16.1 Å². The fourth-order valence-corrected chi connectivity index (χ4v) is 5.53. The van der Waals surface area contributed by atoms with E-state index < -0.39 is 0 Å². The topological polar surface area (TPSA) is 118 Å². The molecule has 4 heterocycles. The van der Waals surface area contributed by atoms with Gasteiger partial charge in [0.1, 0.15) is 22.4 Å². The first kappa shape index (κ1) is 20.4. The molecule has 0 radical (unpaired) electrons. The summed E-state index contributed by atoms with van der Waals surface area (Å²) < 4.78 is 0. The second-order valence-corrected chi connectivity index (χ2v) is 9.45. The van der Waals surface area contributed by atoms with E-state index >= 15 is 0 Å². The van der Waals surface area contributed by atoms with Gasteiger partial charge in [0.2, 0.25) is 0 Å². The first-order valence-electron chi connectivity index (χ1n) is 11.2. The summed E-state index contributed by atoms with van der Waals surface area (Å²) in [5.41, 5.74) is 17.7. The highest BCUT2D eigenvalue weighted by molar-refractivity contribution is 6.36. The van der Waals surface area contributed by atoms with Crippen LogP contribution < -0.4 is 21.7 Å². The van der Waals surface area contributed by atoms with Gasteiger partial charge in [0, 0.05) is 25.3 Å². The van der Waals surface area contributed by atoms with E-state index in [1.54, 1.807) is 12.3 Å². The van der Waals surface area contributed by atoms with Crippen molar-refractivity contribution in [3.05, 3.63) is 70.3 Å². The Balaban J connectivity index is 1.16. The summed E-state index contributed by atoms with van der Waals surface area (Å²) in [4.78, 5) is 20.5. The first-order valence-corrected chi connectivity index (χ1v) is 11.6. The average Bonchev–Trinajstić information content (AvgIpc) is 3.36. The molecule has 1 saturated heterocycles. The summed E-state index contributed by atoms with van der Waals surface area (Å²) >= 11 is 6.26. The molecule has 9 heteroatoms. The van der Waals surface area contributed by atoms with Gasteiger partial charge in [0.05, 0.1) is 24.1 Å². The lowest BCUT2D eigenvalue weighted by Crippen LogP contribution is -2.44. The Kier molecular flexibility index (Phi) is 4.74. The van der Waals surface area contributed by atoms with Gasteiger partial charge >= 0.3 is 0 Å². The van der Waals surface area contributed by atoms with Gasteiger partial charge in [-0.3, -0.25) is 4.99 Å². The predicted octanol–water partition coefficient (Wildman–Crippen LogP) is 3.32. The van der Waals surface area contributed by atoms with Gasteiger partial charge < -0.3 is 21.7 Å². The van der Waals surface area contributed by atoms with E-state index in [0.29, 0.717) is 23.1 Å². The summed E-state index contributed by atoms with van der Waals surface area (Å²) in [6, 6.07) is 10.5. The Hall–Kier alpha value is -3.23. The maximum atomic E-state index is 6.72. The smallest absolute Gasteiger partial charge is 0.154 e. The van der Waals surface area contributed by atoms with Gasteiger partial charge in [0.15, 0.2) is 5.84 Å². The molecular formula is C24H25ClN8. The lowest BCUT2D eigenvalue weighted by Gasteiger charge is -2.42. The van der Waals surface area contributed by atoms with Crippen molar-refractivity contribution in [1.82, 2.24) is 15.0 Å². The van der Waals surface area contributed by atoms with E-state index in [-0.39, 0.29) is 17.3 Å². The molecule has 1 spiro atoms. The van der Waals surface area contributed by atoms with Crippen molar-refractivity contribution in [2.75, 3.05) is 29.0 Å². The number of hydrogen-bond donors (Lipinski definition) is 3. The van der Waals surface area contributed by atoms with Crippen LogP contribution in [-0.4, -0.2) is 33.9 Å². The number of halogens is 1. The van der Waals surface area contributed by atoms with Crippen LogP contribution in [0.15, 0.2) is 47.7 Å². The minimum absolute atomic E-state index is 0.109. The number of anilines is 3. The molecule has 5 N–H and O–H groups in total. The third kappa shape index (κ3) is 3.32. The molecule has 1 fully saturated rings. The van der Waals surface area contributed by atoms with Crippen molar-refractivity contribution < 1.29 is 0 Å². The lowest BCUT2D eigenvalue weighted by molar-refractivity contribution is 0.187. The van der Waals surface area contributed by atoms with E-state index in [0.717, 1.165) is 49.6 Å². The highest BCUT2D eigenvalue weighted by Gasteiger charge is 2.46. The molecule has 1 aliphatic carbocycles. The summed E-state index contributed by atoms with van der Waals surface area (Å²) in [6.45, 7) is 2.33. The van der Waals surface area contributed by atoms with Crippen LogP contribution in [0.1, 0.15) is 41.4 Å². The number of aliphatic imine (C=N–C) groups is 1. The second kappa shape index (κ2) is 7.67. The van der Waals surface area contributed by atoms with E-state index in [4.69, 9.17) is 28.1 Å². The largest absolute Gasteiger partial charge is 0.382 e. The van der Waals surface area contributed by atoms with Crippen LogP contribution in [0.5, 0.6) is 0 Å². The Labute approximate surface area is 197 Å². The SMILES string of the molecule is Nc1nccc(NC2=NCc3nc(N4CCC5(CC4)Cc4ccccc4[C@@H]5N)cnc32)c1Cl. The average molecular weight is 461 g/mol. The quantitative estimate of drug-likeness (QED) is 0.536. The molecular weight excluding hydrogens is 436 g/mol. The number of rotatable bonds is 2. The second-order valence-electron chi connectivity index (χ2n) is 9.07. The number of piperidine rings is 1. The number of nitrogens with two attached hydrogens (primary N) is 2. The number of hydrogen-bond acceptors (Lipinski definition) is 8. The third-order valence-electron chi connectivity index (χ3n) is 7.29. The van der Waals surface area contributed by atoms with Crippen molar-refractivity contribution in [3.8, 4) is 0 Å². The number of benzene rings is 1. The van der Waals surface area contributed by atoms with Crippen LogP contribution in [-0.2, 0) is 13.0 Å². The Morgan fingerprint density at radius 3 is 2.76 bits per heavy atom. The van der Waals surface area contributed by atoms with Crippen LogP contribution in [0.3, 0.4) is 0 Å². The molecule has 8 nitrogen and oxygen atoms in total. The summed E-state index contributed by atoms with van der Waals surface area (Å²) in [5, 5.41) is 3.59. The molecule has 168 valence electrons. The fourth-order valence-electron chi connectivity index (χ4n) is 5.38. The van der Waals surface area contributed by atoms with Gasteiger partial charge in [-0.05, 0) is 41.9 Å². The van der Waals surface area contributed by atoms with Crippen LogP contribution in [0.25, 0.3) is 0 Å². The number of aromatic nitrogens is 3. The number of nitrogen functional groups attached to an aromatic ring is 1. The van der Waals surface area contributed by atoms with Crippen molar-refractivity contribution in [3.63, 3.8) is 0 Å². The van der Waals surface area contributed by atoms with E-state index in [9.17, 15) is 0 Å². The Morgan fingerprint density at radius 1 is 1.12 bits per heavy atom. The van der Waals surface area contributed by atoms with Gasteiger partial charge in [-0.2, -0.15) is 0 Å². The van der Waals surface area contributed by atoms with Crippen molar-refractivity contribution in [1.29, 1.82) is 0 Å². The standard InChI is InChI=1S/C24H25ClN8/c25-19-16(5-8-28-22(19)27)32-23-20-17(12-30-23)31-18(13-29-20)33-9-6-24(7-10-33)11-14-3-1-2-4-15(14)21(24)26/h1-5,8,13,21H,6-7,9-12,26H2,(H3,27,28,30,32)/t21-/m0/s1. The molecule has 1 atom stereocenters. The summed E-state index contributed by atoms with van der Waals surface area (Å²) in [7, 11) is 0. The molecule has 3 aromatic rings. The minimum atomic E-state index is 0.109. The summed E-state index contributed by atoms with van der Waals surface area (Å²) in [5.74, 6) is 1.81. The van der Waals surface area contributed by atoms with Crippen LogP contribution >= 0.6 is 11.6 Å². The van der Waals surface area contributed by atoms with Gasteiger partial charge in [-0.25, -0.2) is 15.0 Å². The van der Waals surface area contributed by atoms with Crippen LogP contribution in [0, 0.1) is 5.41 Å². The first-order chi connectivity index (χ1) is 16.0. The molecule has 0 bridgehead atoms. The van der Waals surface area contributed by atoms with Crippen molar-refractivity contribution >= 4 is 34.8 Å². The van der Waals surface area contributed by atoms with E-state index in [1.165, 1.54) is 11.1 Å². The highest BCUT2D eigenvalue weighted by atomic mass is 35.5. The Bertz CT molecular complexity index is 1270. The summed E-state index contributed by atoms with van der Waals surface area (Å²) in [6.07, 6.45) is 6.61. The number of fused-ring (bicyclic) bond motifs is 2. The lowest BCUT2D eigenvalue weighted by atomic mass is 9.73. The number of pyridine rings is 1. The van der Waals surface area contributed by atoms with Gasteiger partial charge in [0.25, 0.3) is 0 Å².